The summed E-state index contributed by atoms with van der Waals surface area (Å²) < 4.78 is 6.58. The van der Waals surface area contributed by atoms with E-state index in [1.54, 1.807) is 23.5 Å². The number of nitrogen functional groups attached to an aromatic ring is 1. The van der Waals surface area contributed by atoms with Crippen molar-refractivity contribution in [2.45, 2.75) is 6.92 Å². The standard InChI is InChI=1S/C15H13ClN2OS/c1-2-19-10-4-6-13-14(8-10)20-15(18-13)11-7-9(17)3-5-12(11)16/h3-8H,2,17H2,1H3. The predicted molar refractivity (Wildman–Crippen MR) is 85.6 cm³/mol. The van der Waals surface area contributed by atoms with Crippen LogP contribution in [0.3, 0.4) is 0 Å². The van der Waals surface area contributed by atoms with Crippen LogP contribution in [-0.4, -0.2) is 11.6 Å². The highest BCUT2D eigenvalue weighted by Gasteiger charge is 2.11. The minimum atomic E-state index is 0.651. The lowest BCUT2D eigenvalue weighted by Crippen LogP contribution is -1.89. The Morgan fingerprint density at radius 3 is 2.90 bits per heavy atom. The Kier molecular flexibility index (Phi) is 3.51. The van der Waals surface area contributed by atoms with Crippen molar-refractivity contribution in [1.82, 2.24) is 4.98 Å². The molecule has 0 aliphatic rings. The van der Waals surface area contributed by atoms with Gasteiger partial charge in [-0.05, 0) is 43.3 Å². The third-order valence-corrected chi connectivity index (χ3v) is 4.27. The van der Waals surface area contributed by atoms with E-state index in [1.165, 1.54) is 0 Å². The fraction of sp³-hybridized carbons (Fsp3) is 0.133. The Labute approximate surface area is 126 Å². The first-order valence-corrected chi connectivity index (χ1v) is 7.45. The molecule has 0 radical (unpaired) electrons. The molecule has 3 rings (SSSR count). The number of fused-ring (bicyclic) bond motifs is 1. The molecule has 0 fully saturated rings. The van der Waals surface area contributed by atoms with Gasteiger partial charge in [0.05, 0.1) is 21.8 Å². The number of thiazole rings is 1. The third kappa shape index (κ3) is 2.44. The van der Waals surface area contributed by atoms with Gasteiger partial charge < -0.3 is 10.5 Å². The number of rotatable bonds is 3. The number of nitrogens with two attached hydrogens (primary N) is 1. The molecule has 1 aromatic heterocycles. The highest BCUT2D eigenvalue weighted by atomic mass is 35.5. The Morgan fingerprint density at radius 2 is 2.10 bits per heavy atom. The van der Waals surface area contributed by atoms with Crippen molar-refractivity contribution >= 4 is 38.8 Å². The molecule has 3 nitrogen and oxygen atoms in total. The Balaban J connectivity index is 2.10. The van der Waals surface area contributed by atoms with Crippen molar-refractivity contribution < 1.29 is 4.74 Å². The van der Waals surface area contributed by atoms with Crippen molar-refractivity contribution in [2.75, 3.05) is 12.3 Å². The molecule has 20 heavy (non-hydrogen) atoms. The Morgan fingerprint density at radius 1 is 1.25 bits per heavy atom. The maximum Gasteiger partial charge on any atom is 0.126 e. The first-order chi connectivity index (χ1) is 9.67. The molecule has 2 N–H and O–H groups in total. The van der Waals surface area contributed by atoms with Crippen LogP contribution in [-0.2, 0) is 0 Å². The van der Waals surface area contributed by atoms with E-state index in [0.29, 0.717) is 17.3 Å². The molecule has 0 spiro atoms. The zero-order chi connectivity index (χ0) is 14.1. The summed E-state index contributed by atoms with van der Waals surface area (Å²) in [4.78, 5) is 4.61. The molecule has 0 amide bonds. The van der Waals surface area contributed by atoms with Crippen molar-refractivity contribution in [3.8, 4) is 16.3 Å². The zero-order valence-electron chi connectivity index (χ0n) is 10.9. The number of halogens is 1. The van der Waals surface area contributed by atoms with E-state index in [9.17, 15) is 0 Å². The molecule has 102 valence electrons. The quantitative estimate of drug-likeness (QED) is 0.719. The van der Waals surface area contributed by atoms with Gasteiger partial charge in [0.15, 0.2) is 0 Å². The summed E-state index contributed by atoms with van der Waals surface area (Å²) in [6, 6.07) is 11.3. The van der Waals surface area contributed by atoms with Crippen molar-refractivity contribution in [1.29, 1.82) is 0 Å². The molecule has 1 heterocycles. The molecular formula is C15H13ClN2OS. The van der Waals surface area contributed by atoms with Crippen LogP contribution in [0.4, 0.5) is 5.69 Å². The molecule has 0 bridgehead atoms. The summed E-state index contributed by atoms with van der Waals surface area (Å²) in [5.74, 6) is 0.855. The highest BCUT2D eigenvalue weighted by Crippen LogP contribution is 2.36. The number of aromatic nitrogens is 1. The summed E-state index contributed by atoms with van der Waals surface area (Å²) in [6.45, 7) is 2.62. The van der Waals surface area contributed by atoms with Gasteiger partial charge in [0.25, 0.3) is 0 Å². The Hall–Kier alpha value is -1.78. The molecule has 5 heteroatoms. The van der Waals surface area contributed by atoms with Crippen molar-refractivity contribution in [3.63, 3.8) is 0 Å². The van der Waals surface area contributed by atoms with Gasteiger partial charge in [0, 0.05) is 11.3 Å². The molecule has 0 unspecified atom stereocenters. The minimum Gasteiger partial charge on any atom is -0.494 e. The second-order valence-corrected chi connectivity index (χ2v) is 5.76. The summed E-state index contributed by atoms with van der Waals surface area (Å²) in [6.07, 6.45) is 0. The Bertz CT molecular complexity index is 770. The fourth-order valence-electron chi connectivity index (χ4n) is 1.98. The molecule has 0 aliphatic heterocycles. The molecular weight excluding hydrogens is 292 g/mol. The second-order valence-electron chi connectivity index (χ2n) is 4.32. The first-order valence-electron chi connectivity index (χ1n) is 6.26. The topological polar surface area (TPSA) is 48.1 Å². The van der Waals surface area contributed by atoms with Gasteiger partial charge in [0.1, 0.15) is 10.8 Å². The van der Waals surface area contributed by atoms with E-state index in [0.717, 1.165) is 26.5 Å². The number of benzene rings is 2. The van der Waals surface area contributed by atoms with E-state index >= 15 is 0 Å². The smallest absolute Gasteiger partial charge is 0.126 e. The number of hydrogen-bond donors (Lipinski definition) is 1. The van der Waals surface area contributed by atoms with E-state index in [1.807, 2.05) is 31.2 Å². The lowest BCUT2D eigenvalue weighted by Gasteiger charge is -2.01. The van der Waals surface area contributed by atoms with Crippen LogP contribution < -0.4 is 10.5 Å². The summed E-state index contributed by atoms with van der Waals surface area (Å²) in [5, 5.41) is 1.52. The molecule has 2 aromatic carbocycles. The van der Waals surface area contributed by atoms with Crippen molar-refractivity contribution in [3.05, 3.63) is 41.4 Å². The summed E-state index contributed by atoms with van der Waals surface area (Å²) in [7, 11) is 0. The normalized spacial score (nSPS) is 10.9. The number of ether oxygens (including phenoxy) is 1. The van der Waals surface area contributed by atoms with Gasteiger partial charge in [-0.2, -0.15) is 0 Å². The highest BCUT2D eigenvalue weighted by molar-refractivity contribution is 7.21. The van der Waals surface area contributed by atoms with Crippen LogP contribution in [0.25, 0.3) is 20.8 Å². The van der Waals surface area contributed by atoms with E-state index in [2.05, 4.69) is 4.98 Å². The van der Waals surface area contributed by atoms with E-state index in [4.69, 9.17) is 22.1 Å². The maximum atomic E-state index is 6.23. The molecule has 0 aliphatic carbocycles. The third-order valence-electron chi connectivity index (χ3n) is 2.89. The number of nitrogens with zero attached hydrogens (tertiary/aromatic N) is 1. The van der Waals surface area contributed by atoms with Gasteiger partial charge >= 0.3 is 0 Å². The minimum absolute atomic E-state index is 0.651. The summed E-state index contributed by atoms with van der Waals surface area (Å²) in [5.41, 5.74) is 8.30. The van der Waals surface area contributed by atoms with Gasteiger partial charge in [0.2, 0.25) is 0 Å². The maximum absolute atomic E-state index is 6.23. The van der Waals surface area contributed by atoms with Gasteiger partial charge in [-0.15, -0.1) is 11.3 Å². The average molecular weight is 305 g/mol. The van der Waals surface area contributed by atoms with Crippen LogP contribution in [0, 0.1) is 0 Å². The van der Waals surface area contributed by atoms with Crippen LogP contribution in [0.15, 0.2) is 36.4 Å². The first kappa shape index (κ1) is 13.2. The van der Waals surface area contributed by atoms with Crippen molar-refractivity contribution in [2.24, 2.45) is 0 Å². The number of hydrogen-bond acceptors (Lipinski definition) is 4. The van der Waals surface area contributed by atoms with E-state index in [-0.39, 0.29) is 0 Å². The van der Waals surface area contributed by atoms with Crippen LogP contribution in [0.2, 0.25) is 5.02 Å². The average Bonchev–Trinajstić information content (AvgIpc) is 2.85. The summed E-state index contributed by atoms with van der Waals surface area (Å²) >= 11 is 7.81. The monoisotopic (exact) mass is 304 g/mol. The zero-order valence-corrected chi connectivity index (χ0v) is 12.5. The van der Waals surface area contributed by atoms with Crippen LogP contribution in [0.5, 0.6) is 5.75 Å². The van der Waals surface area contributed by atoms with Crippen LogP contribution >= 0.6 is 22.9 Å². The van der Waals surface area contributed by atoms with Crippen LogP contribution in [0.1, 0.15) is 6.92 Å². The lowest BCUT2D eigenvalue weighted by molar-refractivity contribution is 0.341. The molecule has 3 aromatic rings. The SMILES string of the molecule is CCOc1ccc2nc(-c3cc(N)ccc3Cl)sc2c1. The number of anilines is 1. The predicted octanol–water partition coefficient (Wildman–Crippen LogP) is 4.60. The fourth-order valence-corrected chi connectivity index (χ4v) is 3.27. The van der Waals surface area contributed by atoms with Gasteiger partial charge in [-0.25, -0.2) is 4.98 Å². The molecule has 0 atom stereocenters. The largest absolute Gasteiger partial charge is 0.494 e. The van der Waals surface area contributed by atoms with Gasteiger partial charge in [-0.1, -0.05) is 11.6 Å². The van der Waals surface area contributed by atoms with E-state index < -0.39 is 0 Å². The van der Waals surface area contributed by atoms with Gasteiger partial charge in [-0.3, -0.25) is 0 Å². The second kappa shape index (κ2) is 5.31. The lowest BCUT2D eigenvalue weighted by atomic mass is 10.2. The molecule has 0 saturated carbocycles. The molecule has 0 saturated heterocycles.